The minimum atomic E-state index is -1.21. The summed E-state index contributed by atoms with van der Waals surface area (Å²) in [5.41, 5.74) is 7.30. The largest absolute Gasteiger partial charge is 0.394 e. The van der Waals surface area contributed by atoms with Crippen LogP contribution in [0.15, 0.2) is 29.2 Å². The van der Waals surface area contributed by atoms with Crippen LogP contribution in [0.2, 0.25) is 0 Å². The highest BCUT2D eigenvalue weighted by Gasteiger charge is 2.23. The zero-order valence-electron chi connectivity index (χ0n) is 28.3. The van der Waals surface area contributed by atoms with Gasteiger partial charge in [-0.25, -0.2) is 19.6 Å². The van der Waals surface area contributed by atoms with Gasteiger partial charge in [-0.3, -0.25) is 28.7 Å². The van der Waals surface area contributed by atoms with Gasteiger partial charge < -0.3 is 42.1 Å². The van der Waals surface area contributed by atoms with Gasteiger partial charge in [0.25, 0.3) is 11.1 Å². The number of aliphatic imine (C=N–C) groups is 2. The summed E-state index contributed by atoms with van der Waals surface area (Å²) < 4.78 is 3.00. The number of rotatable bonds is 14. The lowest BCUT2D eigenvalue weighted by Gasteiger charge is -2.20. The maximum atomic E-state index is 11.7. The van der Waals surface area contributed by atoms with Crippen LogP contribution < -0.4 is 34.0 Å². The molecule has 284 valence electrons. The van der Waals surface area contributed by atoms with Crippen molar-refractivity contribution in [2.45, 2.75) is 89.4 Å². The standard InChI is InChI=1S/2C11H14ClN3O2.2C4H11NO3/c2*1-2-3-4-5-15-9-7(6-8(12)13-9)10(16)14-11(15)17;2*5-4(1-6,2-7)3-8/h2*2-6H2,1H3,(H,14,16,17);2*6-8H,1-3,5H2. The second-order valence-electron chi connectivity index (χ2n) is 11.8. The molecule has 0 unspecified atom stereocenters. The van der Waals surface area contributed by atoms with Crippen molar-refractivity contribution in [1.82, 2.24) is 19.1 Å². The number of hydrogen-bond donors (Lipinski definition) is 10. The molecule has 0 spiro atoms. The van der Waals surface area contributed by atoms with Crippen LogP contribution in [-0.2, 0) is 25.9 Å². The number of aliphatic hydroxyl groups is 6. The normalized spacial score (nSPS) is 13.1. The fraction of sp³-hybridized carbons (Fsp3) is 0.667. The first-order valence-corrected chi connectivity index (χ1v) is 16.8. The second-order valence-corrected chi connectivity index (χ2v) is 12.7. The fourth-order valence-corrected chi connectivity index (χ4v) is 4.56. The van der Waals surface area contributed by atoms with E-state index < -0.39 is 62.1 Å². The monoisotopic (exact) mass is 752 g/mol. The third-order valence-electron chi connectivity index (χ3n) is 7.49. The summed E-state index contributed by atoms with van der Waals surface area (Å²) in [6.45, 7) is 2.91. The first-order chi connectivity index (χ1) is 23.6. The molecule has 2 aromatic heterocycles. The number of nitrogens with zero attached hydrogens (tertiary/aromatic N) is 4. The van der Waals surface area contributed by atoms with Crippen LogP contribution in [-0.4, -0.2) is 111 Å². The lowest BCUT2D eigenvalue weighted by molar-refractivity contribution is 0.0695. The van der Waals surface area contributed by atoms with E-state index in [-0.39, 0.29) is 11.1 Å². The van der Waals surface area contributed by atoms with Crippen LogP contribution in [0.5, 0.6) is 0 Å². The Kier molecular flexibility index (Phi) is 19.8. The maximum absolute atomic E-state index is 11.7. The molecule has 12 N–H and O–H groups in total. The molecule has 2 aliphatic heterocycles. The van der Waals surface area contributed by atoms with Crippen LogP contribution in [0.3, 0.4) is 0 Å². The molecular formula is C30H50Cl2N8O10. The lowest BCUT2D eigenvalue weighted by atomic mass is 10.1. The molecule has 50 heavy (non-hydrogen) atoms. The molecule has 0 atom stereocenters. The highest BCUT2D eigenvalue weighted by molar-refractivity contribution is 6.66. The van der Waals surface area contributed by atoms with Crippen LogP contribution in [0.4, 0.5) is 11.6 Å². The van der Waals surface area contributed by atoms with E-state index in [0.717, 1.165) is 38.5 Å². The minimum absolute atomic E-state index is 0.320. The Morgan fingerprint density at radius 2 is 0.920 bits per heavy atom. The molecule has 18 nitrogen and oxygen atoms in total. The van der Waals surface area contributed by atoms with Crippen LogP contribution >= 0.6 is 23.2 Å². The zero-order valence-corrected chi connectivity index (χ0v) is 29.8. The predicted octanol–water partition coefficient (Wildman–Crippen LogP) is -1.57. The van der Waals surface area contributed by atoms with E-state index >= 15 is 0 Å². The van der Waals surface area contributed by atoms with Crippen molar-refractivity contribution in [3.05, 3.63) is 52.8 Å². The van der Waals surface area contributed by atoms with Crippen LogP contribution in [0.1, 0.15) is 63.5 Å². The summed E-state index contributed by atoms with van der Waals surface area (Å²) in [5.74, 6) is 0.861. The molecule has 4 heterocycles. The van der Waals surface area contributed by atoms with Crippen molar-refractivity contribution >= 4 is 45.2 Å². The van der Waals surface area contributed by atoms with E-state index in [4.69, 9.17) is 65.3 Å². The Morgan fingerprint density at radius 1 is 0.620 bits per heavy atom. The number of halogens is 2. The van der Waals surface area contributed by atoms with Crippen LogP contribution in [0.25, 0.3) is 0 Å². The van der Waals surface area contributed by atoms with Crippen LogP contribution in [0, 0.1) is 0 Å². The Labute approximate surface area is 297 Å². The van der Waals surface area contributed by atoms with Gasteiger partial charge in [0.1, 0.15) is 22.0 Å². The van der Waals surface area contributed by atoms with Gasteiger partial charge in [-0.15, -0.1) is 0 Å². The average molecular weight is 754 g/mol. The molecule has 0 saturated carbocycles. The Bertz CT molecular complexity index is 1520. The van der Waals surface area contributed by atoms with Gasteiger partial charge >= 0.3 is 11.4 Å². The van der Waals surface area contributed by atoms with E-state index in [1.54, 1.807) is 0 Å². The Morgan fingerprint density at radius 3 is 1.16 bits per heavy atom. The molecule has 20 heteroatoms. The maximum Gasteiger partial charge on any atom is 0.329 e. The molecule has 2 aromatic rings. The van der Waals surface area contributed by atoms with E-state index in [1.165, 1.54) is 9.13 Å². The molecule has 0 bridgehead atoms. The number of nitrogens with one attached hydrogen (secondary N) is 2. The third-order valence-corrected chi connectivity index (χ3v) is 7.93. The van der Waals surface area contributed by atoms with E-state index in [0.29, 0.717) is 59.0 Å². The predicted molar refractivity (Wildman–Crippen MR) is 191 cm³/mol. The highest BCUT2D eigenvalue weighted by Crippen LogP contribution is 2.24. The smallest absolute Gasteiger partial charge is 0.329 e. The third kappa shape index (κ3) is 13.3. The Balaban J connectivity index is 0.000000356. The molecule has 0 fully saturated rings. The Hall–Kier alpha value is -3.04. The average Bonchev–Trinajstić information content (AvgIpc) is 3.70. The molecule has 0 amide bonds. The van der Waals surface area contributed by atoms with Crippen molar-refractivity contribution in [3.8, 4) is 0 Å². The van der Waals surface area contributed by atoms with Gasteiger partial charge in [0.2, 0.25) is 0 Å². The molecule has 0 aromatic carbocycles. The quantitative estimate of drug-likeness (QED) is 0.0979. The summed E-state index contributed by atoms with van der Waals surface area (Å²) in [4.78, 5) is 59.3. The number of hydrogen-bond acceptors (Lipinski definition) is 14. The minimum Gasteiger partial charge on any atom is -0.394 e. The number of aliphatic hydroxyl groups excluding tert-OH is 6. The van der Waals surface area contributed by atoms with E-state index in [2.05, 4.69) is 33.8 Å². The topological polar surface area (TPSA) is 308 Å². The van der Waals surface area contributed by atoms with Crippen molar-refractivity contribution in [2.24, 2.45) is 21.5 Å². The number of fused-ring (bicyclic) bond motifs is 2. The van der Waals surface area contributed by atoms with Gasteiger partial charge in [-0.2, -0.15) is 0 Å². The zero-order chi connectivity index (χ0) is 38.1. The molecule has 0 saturated heterocycles. The van der Waals surface area contributed by atoms with Gasteiger partial charge in [0.15, 0.2) is 0 Å². The van der Waals surface area contributed by atoms with Gasteiger partial charge in [-0.1, -0.05) is 62.7 Å². The summed E-state index contributed by atoms with van der Waals surface area (Å²) in [6, 6.07) is 0. The second kappa shape index (κ2) is 22.0. The lowest BCUT2D eigenvalue weighted by Crippen LogP contribution is -2.50. The molecule has 2 aliphatic rings. The molecular weight excluding hydrogens is 703 g/mol. The first kappa shape index (κ1) is 45.0. The van der Waals surface area contributed by atoms with Crippen molar-refractivity contribution in [1.29, 1.82) is 0 Å². The summed E-state index contributed by atoms with van der Waals surface area (Å²) in [5, 5.41) is 50.8. The van der Waals surface area contributed by atoms with Gasteiger partial charge in [-0.05, 0) is 12.8 Å². The van der Waals surface area contributed by atoms with Gasteiger partial charge in [0, 0.05) is 25.9 Å². The molecule has 0 aliphatic carbocycles. The number of aromatic nitrogens is 4. The van der Waals surface area contributed by atoms with Crippen molar-refractivity contribution in [3.63, 3.8) is 0 Å². The number of H-pyrrole nitrogens is 2. The van der Waals surface area contributed by atoms with Crippen molar-refractivity contribution < 1.29 is 30.6 Å². The number of aromatic amines is 2. The number of unbranched alkanes of at least 4 members (excludes halogenated alkanes) is 4. The SMILES string of the molecule is CCCCCn1c2c(c(=O)[nH]c1=O)CC(Cl)=N2.CCCCCn1c2c(c(=O)[nH]c1=O)CC(Cl)=N2.NC(CO)(CO)CO.NC(CO)(CO)CO. The molecule has 4 rings (SSSR count). The van der Waals surface area contributed by atoms with Gasteiger partial charge in [0.05, 0.1) is 61.8 Å². The summed E-state index contributed by atoms with van der Waals surface area (Å²) in [7, 11) is 0. The van der Waals surface area contributed by atoms with E-state index in [1.807, 2.05) is 0 Å². The number of nitrogens with two attached hydrogens (primary N) is 2. The fourth-order valence-electron chi connectivity index (χ4n) is 4.13. The molecule has 0 radical (unpaired) electrons. The summed E-state index contributed by atoms with van der Waals surface area (Å²) >= 11 is 11.6. The van der Waals surface area contributed by atoms with E-state index in [9.17, 15) is 19.2 Å². The highest BCUT2D eigenvalue weighted by atomic mass is 35.5. The first-order valence-electron chi connectivity index (χ1n) is 16.0. The summed E-state index contributed by atoms with van der Waals surface area (Å²) in [6.07, 6.45) is 6.65. The van der Waals surface area contributed by atoms with Crippen molar-refractivity contribution in [2.75, 3.05) is 39.6 Å².